The fraction of sp³-hybridized carbons (Fsp3) is 0.778. The Bertz CT molecular complexity index is 631. The summed E-state index contributed by atoms with van der Waals surface area (Å²) < 4.78 is 7.75. The lowest BCUT2D eigenvalue weighted by Crippen LogP contribution is -2.60. The summed E-state index contributed by atoms with van der Waals surface area (Å²) >= 11 is 0. The van der Waals surface area contributed by atoms with Crippen molar-refractivity contribution in [3.63, 3.8) is 0 Å². The van der Waals surface area contributed by atoms with E-state index in [0.717, 1.165) is 12.8 Å². The van der Waals surface area contributed by atoms with E-state index in [2.05, 4.69) is 5.10 Å². The fourth-order valence-electron chi connectivity index (χ4n) is 4.32. The van der Waals surface area contributed by atoms with Gasteiger partial charge >= 0.3 is 0 Å². The zero-order valence-corrected chi connectivity index (χ0v) is 14.7. The molecule has 3 fully saturated rings. The van der Waals surface area contributed by atoms with E-state index in [4.69, 9.17) is 4.74 Å². The maximum atomic E-state index is 13.0. The number of aromatic nitrogens is 2. The molecule has 1 spiro atoms. The molecule has 3 aliphatic rings. The van der Waals surface area contributed by atoms with Crippen molar-refractivity contribution in [1.82, 2.24) is 14.7 Å². The van der Waals surface area contributed by atoms with Crippen molar-refractivity contribution in [3.8, 4) is 0 Å². The summed E-state index contributed by atoms with van der Waals surface area (Å²) in [6.45, 7) is 3.77. The molecule has 2 aliphatic heterocycles. The molecule has 4 rings (SSSR count). The minimum absolute atomic E-state index is 0.157. The summed E-state index contributed by atoms with van der Waals surface area (Å²) in [6, 6.07) is 1.88. The highest BCUT2D eigenvalue weighted by Gasteiger charge is 2.54. The summed E-state index contributed by atoms with van der Waals surface area (Å²) in [5.74, 6) is 0.223. The highest BCUT2D eigenvalue weighted by Crippen LogP contribution is 2.49. The predicted octanol–water partition coefficient (Wildman–Crippen LogP) is 0.557. The Hall–Kier alpha value is -1.44. The van der Waals surface area contributed by atoms with Gasteiger partial charge in [0.15, 0.2) is 0 Å². The van der Waals surface area contributed by atoms with Gasteiger partial charge in [0.25, 0.3) is 0 Å². The van der Waals surface area contributed by atoms with Gasteiger partial charge in [-0.2, -0.15) is 5.10 Å². The van der Waals surface area contributed by atoms with Crippen molar-refractivity contribution in [2.45, 2.75) is 62.9 Å². The quantitative estimate of drug-likeness (QED) is 0.832. The number of carbonyl (C=O) groups is 1. The number of hydrogen-bond acceptors (Lipinski definition) is 5. The van der Waals surface area contributed by atoms with Gasteiger partial charge in [0.1, 0.15) is 6.10 Å². The second kappa shape index (κ2) is 5.79. The number of amides is 1. The first kappa shape index (κ1) is 17.0. The Morgan fingerprint density at radius 3 is 2.60 bits per heavy atom. The van der Waals surface area contributed by atoms with Crippen LogP contribution in [0.25, 0.3) is 0 Å². The molecular formula is C18H27N3O4. The van der Waals surface area contributed by atoms with Crippen LogP contribution in [-0.4, -0.2) is 67.8 Å². The molecule has 1 aromatic heterocycles. The smallest absolute Gasteiger partial charge is 0.230 e. The average Bonchev–Trinajstić information content (AvgIpc) is 3.17. The third-order valence-corrected chi connectivity index (χ3v) is 6.24. The first-order valence-corrected chi connectivity index (χ1v) is 9.16. The number of hydrogen-bond donors (Lipinski definition) is 2. The van der Waals surface area contributed by atoms with Gasteiger partial charge in [-0.05, 0) is 38.7 Å². The Labute approximate surface area is 147 Å². The van der Waals surface area contributed by atoms with E-state index < -0.39 is 17.3 Å². The fourth-order valence-corrected chi connectivity index (χ4v) is 4.32. The highest BCUT2D eigenvalue weighted by atomic mass is 16.5. The molecule has 0 bridgehead atoms. The number of ether oxygens (including phenoxy) is 1. The Morgan fingerprint density at radius 2 is 2.04 bits per heavy atom. The van der Waals surface area contributed by atoms with Crippen LogP contribution in [0.2, 0.25) is 0 Å². The summed E-state index contributed by atoms with van der Waals surface area (Å²) in [4.78, 5) is 15.0. The van der Waals surface area contributed by atoms with Crippen molar-refractivity contribution >= 4 is 5.91 Å². The second-order valence-corrected chi connectivity index (χ2v) is 8.32. The van der Waals surface area contributed by atoms with Crippen LogP contribution in [0.15, 0.2) is 18.5 Å². The van der Waals surface area contributed by atoms with Crippen LogP contribution >= 0.6 is 0 Å². The van der Waals surface area contributed by atoms with Crippen molar-refractivity contribution < 1.29 is 19.7 Å². The predicted molar refractivity (Wildman–Crippen MR) is 89.6 cm³/mol. The molecule has 7 heteroatoms. The Morgan fingerprint density at radius 1 is 1.32 bits per heavy atom. The van der Waals surface area contributed by atoms with E-state index in [-0.39, 0.29) is 17.9 Å². The van der Waals surface area contributed by atoms with Crippen LogP contribution < -0.4 is 0 Å². The summed E-state index contributed by atoms with van der Waals surface area (Å²) in [6.07, 6.45) is 6.48. The molecule has 25 heavy (non-hydrogen) atoms. The first-order chi connectivity index (χ1) is 11.8. The van der Waals surface area contributed by atoms with Crippen molar-refractivity contribution in [2.75, 3.05) is 19.7 Å². The van der Waals surface area contributed by atoms with Crippen LogP contribution in [0.3, 0.4) is 0 Å². The summed E-state index contributed by atoms with van der Waals surface area (Å²) in [5, 5.41) is 24.5. The van der Waals surface area contributed by atoms with Gasteiger partial charge < -0.3 is 19.8 Å². The van der Waals surface area contributed by atoms with E-state index in [1.165, 1.54) is 0 Å². The molecule has 1 amide bonds. The van der Waals surface area contributed by atoms with E-state index in [1.807, 2.05) is 21.8 Å². The second-order valence-electron chi connectivity index (χ2n) is 8.32. The van der Waals surface area contributed by atoms with Gasteiger partial charge in [-0.15, -0.1) is 0 Å². The van der Waals surface area contributed by atoms with Crippen LogP contribution in [0, 0.1) is 5.41 Å². The van der Waals surface area contributed by atoms with E-state index in [9.17, 15) is 15.0 Å². The third kappa shape index (κ3) is 3.09. The Kier molecular flexibility index (Phi) is 3.94. The average molecular weight is 349 g/mol. The molecule has 3 heterocycles. The monoisotopic (exact) mass is 349 g/mol. The molecular weight excluding hydrogens is 322 g/mol. The molecule has 2 saturated heterocycles. The molecule has 1 aliphatic carbocycles. The summed E-state index contributed by atoms with van der Waals surface area (Å²) in [5.41, 5.74) is -1.83. The number of likely N-dealkylation sites (tertiary alicyclic amines) is 1. The number of rotatable bonds is 3. The van der Waals surface area contributed by atoms with Crippen molar-refractivity contribution in [1.29, 1.82) is 0 Å². The Balaban J connectivity index is 1.38. The number of aliphatic hydroxyl groups is 2. The minimum atomic E-state index is -1.12. The van der Waals surface area contributed by atoms with E-state index >= 15 is 0 Å². The SMILES string of the molecule is C[C@]1(O)CC2(CCN(C(=O)C3(Cn4cccn4)CC3)CC2)OC[C@@H]1O. The maximum Gasteiger partial charge on any atom is 0.230 e. The zero-order chi connectivity index (χ0) is 17.7. The lowest BCUT2D eigenvalue weighted by molar-refractivity contribution is -0.223. The number of nitrogens with zero attached hydrogens (tertiary/aromatic N) is 3. The molecule has 7 nitrogen and oxygen atoms in total. The molecule has 0 radical (unpaired) electrons. The standard InChI is InChI=1S/C18H27N3O4/c1-16(24)12-18(25-11-14(16)22)5-9-20(10-6-18)15(23)17(3-4-17)13-21-8-2-7-19-21/h2,7-8,14,22,24H,3-6,9-13H2,1H3/t14-,16-/m0/s1. The number of piperidine rings is 1. The van der Waals surface area contributed by atoms with Crippen molar-refractivity contribution in [3.05, 3.63) is 18.5 Å². The molecule has 2 atom stereocenters. The highest BCUT2D eigenvalue weighted by molar-refractivity contribution is 5.85. The first-order valence-electron chi connectivity index (χ1n) is 9.16. The van der Waals surface area contributed by atoms with E-state index in [0.29, 0.717) is 38.9 Å². The molecule has 1 aromatic rings. The lowest BCUT2D eigenvalue weighted by atomic mass is 9.76. The van der Waals surface area contributed by atoms with Crippen LogP contribution in [0.4, 0.5) is 0 Å². The normalized spacial score (nSPS) is 33.4. The van der Waals surface area contributed by atoms with Gasteiger partial charge in [0.05, 0.1) is 29.8 Å². The van der Waals surface area contributed by atoms with Crippen LogP contribution in [0.5, 0.6) is 0 Å². The van der Waals surface area contributed by atoms with Crippen LogP contribution in [-0.2, 0) is 16.1 Å². The van der Waals surface area contributed by atoms with Gasteiger partial charge in [0, 0.05) is 31.9 Å². The molecule has 0 aromatic carbocycles. The molecule has 1 saturated carbocycles. The lowest BCUT2D eigenvalue weighted by Gasteiger charge is -2.50. The molecule has 138 valence electrons. The molecule has 0 unspecified atom stereocenters. The summed E-state index contributed by atoms with van der Waals surface area (Å²) in [7, 11) is 0. The molecule has 2 N–H and O–H groups in total. The van der Waals surface area contributed by atoms with Gasteiger partial charge in [-0.25, -0.2) is 0 Å². The van der Waals surface area contributed by atoms with Gasteiger partial charge in [-0.3, -0.25) is 9.48 Å². The van der Waals surface area contributed by atoms with E-state index in [1.54, 1.807) is 13.1 Å². The maximum absolute atomic E-state index is 13.0. The number of carbonyl (C=O) groups excluding carboxylic acids is 1. The topological polar surface area (TPSA) is 87.8 Å². The van der Waals surface area contributed by atoms with Gasteiger partial charge in [0.2, 0.25) is 5.91 Å². The number of aliphatic hydroxyl groups excluding tert-OH is 1. The van der Waals surface area contributed by atoms with Crippen molar-refractivity contribution in [2.24, 2.45) is 5.41 Å². The zero-order valence-electron chi connectivity index (χ0n) is 14.7. The van der Waals surface area contributed by atoms with Crippen LogP contribution in [0.1, 0.15) is 39.0 Å². The third-order valence-electron chi connectivity index (χ3n) is 6.24. The van der Waals surface area contributed by atoms with Gasteiger partial charge in [-0.1, -0.05) is 0 Å². The minimum Gasteiger partial charge on any atom is -0.388 e. The largest absolute Gasteiger partial charge is 0.388 e.